The van der Waals surface area contributed by atoms with E-state index in [1.807, 2.05) is 34.8 Å². The molecule has 6 heteroatoms. The number of unbranched alkanes of at least 4 members (excludes halogenated alkanes) is 7. The van der Waals surface area contributed by atoms with Crippen LogP contribution in [0, 0.1) is 11.3 Å². The molecule has 0 saturated carbocycles. The molecule has 0 aromatic rings. The molecule has 1 aliphatic rings. The van der Waals surface area contributed by atoms with Crippen LogP contribution in [0.5, 0.6) is 0 Å². The van der Waals surface area contributed by atoms with Gasteiger partial charge >= 0.3 is 5.97 Å². The maximum atomic E-state index is 11.6. The van der Waals surface area contributed by atoms with Crippen LogP contribution in [-0.4, -0.2) is 56.4 Å². The van der Waals surface area contributed by atoms with Crippen LogP contribution < -0.4 is 5.32 Å². The van der Waals surface area contributed by atoms with Crippen LogP contribution in [0.4, 0.5) is 0 Å². The molecule has 0 radical (unpaired) electrons. The first-order chi connectivity index (χ1) is 18.3. The van der Waals surface area contributed by atoms with E-state index in [9.17, 15) is 14.7 Å². The van der Waals surface area contributed by atoms with Crippen LogP contribution in [-0.2, 0) is 19.1 Å². The van der Waals surface area contributed by atoms with Crippen molar-refractivity contribution in [2.75, 3.05) is 26.9 Å². The van der Waals surface area contributed by atoms with Gasteiger partial charge in [0.05, 0.1) is 12.7 Å². The molecule has 2 N–H and O–H groups in total. The zero-order chi connectivity index (χ0) is 29.1. The van der Waals surface area contributed by atoms with E-state index in [1.165, 1.54) is 64.2 Å². The van der Waals surface area contributed by atoms with Gasteiger partial charge in [-0.15, -0.1) is 0 Å². The molecule has 0 aliphatic carbocycles. The highest BCUT2D eigenvalue weighted by molar-refractivity contribution is 5.76. The lowest BCUT2D eigenvalue weighted by molar-refractivity contribution is -0.146. The molecule has 1 rings (SSSR count). The molecular formula is C32H65NO5. The Labute approximate surface area is 236 Å². The zero-order valence-corrected chi connectivity index (χ0v) is 26.3. The Kier molecular flexibility index (Phi) is 28.4. The second-order valence-corrected chi connectivity index (χ2v) is 11.3. The third-order valence-electron chi connectivity index (χ3n) is 7.06. The van der Waals surface area contributed by atoms with E-state index in [-0.39, 0.29) is 17.4 Å². The summed E-state index contributed by atoms with van der Waals surface area (Å²) in [6.45, 7) is 14.3. The number of ether oxygens (including phenoxy) is 2. The van der Waals surface area contributed by atoms with Crippen molar-refractivity contribution in [1.29, 1.82) is 0 Å². The average Bonchev–Trinajstić information content (AvgIpc) is 3.36. The highest BCUT2D eigenvalue weighted by Crippen LogP contribution is 2.22. The van der Waals surface area contributed by atoms with Crippen molar-refractivity contribution in [1.82, 2.24) is 5.32 Å². The Morgan fingerprint density at radius 3 is 2.00 bits per heavy atom. The summed E-state index contributed by atoms with van der Waals surface area (Å²) in [5, 5.41) is 12.2. The summed E-state index contributed by atoms with van der Waals surface area (Å²) in [7, 11) is 1.81. The van der Waals surface area contributed by atoms with Crippen molar-refractivity contribution in [2.24, 2.45) is 11.3 Å². The maximum absolute atomic E-state index is 11.6. The van der Waals surface area contributed by atoms with E-state index in [0.717, 1.165) is 50.9 Å². The van der Waals surface area contributed by atoms with E-state index in [2.05, 4.69) is 19.2 Å². The lowest BCUT2D eigenvalue weighted by Crippen LogP contribution is -2.32. The largest absolute Gasteiger partial charge is 0.465 e. The molecule has 0 aromatic heterocycles. The standard InChI is InChI=1S/C15H27NO4.C15H32O.C2H6/c1-15(2,11-17)7-5-3-4-6-8-20-14(19)13-9-12(18)10-16-13;1-4-6-8-11-15(12-9-7-5-2)13-10-14-16-3;1-2/h11-13,16,18H,3-10H2,1-2H3;15H,4-14H2,1-3H3;1-2H3. The van der Waals surface area contributed by atoms with Crippen LogP contribution in [0.25, 0.3) is 0 Å². The number of hydrogen-bond donors (Lipinski definition) is 2. The monoisotopic (exact) mass is 543 g/mol. The van der Waals surface area contributed by atoms with Crippen LogP contribution in [0.15, 0.2) is 0 Å². The molecular weight excluding hydrogens is 478 g/mol. The third kappa shape index (κ3) is 24.1. The van der Waals surface area contributed by atoms with Gasteiger partial charge in [-0.05, 0) is 31.6 Å². The highest BCUT2D eigenvalue weighted by Gasteiger charge is 2.29. The second-order valence-electron chi connectivity index (χ2n) is 11.3. The smallest absolute Gasteiger partial charge is 0.323 e. The first-order valence-electron chi connectivity index (χ1n) is 15.8. The number of β-amino-alcohol motifs (C(OH)–C–C–N with tert-alkyl or cyclic N) is 1. The Morgan fingerprint density at radius 2 is 1.50 bits per heavy atom. The lowest BCUT2D eigenvalue weighted by atomic mass is 9.89. The van der Waals surface area contributed by atoms with Gasteiger partial charge in [0, 0.05) is 32.1 Å². The number of carbonyl (C=O) groups is 2. The second kappa shape index (κ2) is 27.6. The summed E-state index contributed by atoms with van der Waals surface area (Å²) in [6, 6.07) is -0.349. The van der Waals surface area contributed by atoms with E-state index < -0.39 is 6.10 Å². The number of aliphatic hydroxyl groups excluding tert-OH is 1. The first-order valence-corrected chi connectivity index (χ1v) is 15.8. The molecule has 0 amide bonds. The fourth-order valence-corrected chi connectivity index (χ4v) is 4.58. The molecule has 1 heterocycles. The lowest BCUT2D eigenvalue weighted by Gasteiger charge is -2.16. The molecule has 0 bridgehead atoms. The van der Waals surface area contributed by atoms with Crippen molar-refractivity contribution in [3.8, 4) is 0 Å². The normalized spacial score (nSPS) is 16.9. The number of carbonyl (C=O) groups excluding carboxylic acids is 2. The van der Waals surface area contributed by atoms with E-state index in [4.69, 9.17) is 9.47 Å². The summed E-state index contributed by atoms with van der Waals surface area (Å²) in [6.07, 6.45) is 19.7. The summed E-state index contributed by atoms with van der Waals surface area (Å²) in [5.74, 6) is 0.705. The van der Waals surface area contributed by atoms with E-state index in [0.29, 0.717) is 19.6 Å². The Hall–Kier alpha value is -0.980. The van der Waals surface area contributed by atoms with Gasteiger partial charge in [0.1, 0.15) is 12.3 Å². The van der Waals surface area contributed by atoms with Crippen molar-refractivity contribution in [2.45, 2.75) is 156 Å². The number of esters is 1. The molecule has 38 heavy (non-hydrogen) atoms. The predicted octanol–water partition coefficient (Wildman–Crippen LogP) is 7.64. The van der Waals surface area contributed by atoms with Crippen molar-refractivity contribution < 1.29 is 24.2 Å². The summed E-state index contributed by atoms with van der Waals surface area (Å²) in [5.41, 5.74) is -0.221. The van der Waals surface area contributed by atoms with Gasteiger partial charge < -0.3 is 24.7 Å². The van der Waals surface area contributed by atoms with Crippen molar-refractivity contribution in [3.05, 3.63) is 0 Å². The molecule has 1 fully saturated rings. The Morgan fingerprint density at radius 1 is 0.921 bits per heavy atom. The molecule has 2 atom stereocenters. The Balaban J connectivity index is 0. The van der Waals surface area contributed by atoms with Gasteiger partial charge in [-0.2, -0.15) is 0 Å². The SMILES string of the molecule is CC.CC(C)(C=O)CCCCCCOC(=O)C1CC(O)CN1.CCCCCC(CCCCC)CCCOC. The summed E-state index contributed by atoms with van der Waals surface area (Å²) < 4.78 is 10.3. The van der Waals surface area contributed by atoms with Gasteiger partial charge in [-0.3, -0.25) is 4.79 Å². The molecule has 2 unspecified atom stereocenters. The predicted molar refractivity (Wildman–Crippen MR) is 161 cm³/mol. The number of rotatable bonds is 21. The van der Waals surface area contributed by atoms with Gasteiger partial charge in [0.25, 0.3) is 0 Å². The van der Waals surface area contributed by atoms with Crippen molar-refractivity contribution in [3.63, 3.8) is 0 Å². The van der Waals surface area contributed by atoms with E-state index >= 15 is 0 Å². The molecule has 1 saturated heterocycles. The quantitative estimate of drug-likeness (QED) is 0.0879. The van der Waals surface area contributed by atoms with Gasteiger partial charge in [0.15, 0.2) is 0 Å². The number of nitrogens with one attached hydrogen (secondary N) is 1. The van der Waals surface area contributed by atoms with Gasteiger partial charge in [-0.25, -0.2) is 0 Å². The van der Waals surface area contributed by atoms with Crippen molar-refractivity contribution >= 4 is 12.3 Å². The highest BCUT2D eigenvalue weighted by atomic mass is 16.5. The first kappa shape index (κ1) is 39.2. The fraction of sp³-hybridized carbons (Fsp3) is 0.938. The minimum Gasteiger partial charge on any atom is -0.465 e. The average molecular weight is 544 g/mol. The molecule has 0 spiro atoms. The van der Waals surface area contributed by atoms with E-state index in [1.54, 1.807) is 0 Å². The topological polar surface area (TPSA) is 84.9 Å². The number of aliphatic hydroxyl groups is 1. The number of aldehydes is 1. The number of methoxy groups -OCH3 is 1. The van der Waals surface area contributed by atoms with Gasteiger partial charge in [0.2, 0.25) is 0 Å². The molecule has 0 aromatic carbocycles. The number of hydrogen-bond acceptors (Lipinski definition) is 6. The minimum atomic E-state index is -0.436. The zero-order valence-electron chi connectivity index (χ0n) is 26.3. The van der Waals surface area contributed by atoms with Crippen LogP contribution in [0.1, 0.15) is 144 Å². The Bertz CT molecular complexity index is 502. The molecule has 228 valence electrons. The fourth-order valence-electron chi connectivity index (χ4n) is 4.58. The third-order valence-corrected chi connectivity index (χ3v) is 7.06. The summed E-state index contributed by atoms with van der Waals surface area (Å²) >= 11 is 0. The molecule has 1 aliphatic heterocycles. The van der Waals surface area contributed by atoms with Crippen LogP contribution in [0.2, 0.25) is 0 Å². The maximum Gasteiger partial charge on any atom is 0.323 e. The van der Waals surface area contributed by atoms with Crippen LogP contribution in [0.3, 0.4) is 0 Å². The summed E-state index contributed by atoms with van der Waals surface area (Å²) in [4.78, 5) is 22.4. The molecule has 6 nitrogen and oxygen atoms in total. The van der Waals surface area contributed by atoms with Gasteiger partial charge in [-0.1, -0.05) is 112 Å². The van der Waals surface area contributed by atoms with Crippen LogP contribution >= 0.6 is 0 Å². The minimum absolute atomic E-state index is 0.221.